The van der Waals surface area contributed by atoms with Crippen molar-refractivity contribution in [3.63, 3.8) is 0 Å². The highest BCUT2D eigenvalue weighted by atomic mass is 16.2. The number of carbonyl (C=O) groups excluding carboxylic acids is 2. The fourth-order valence-corrected chi connectivity index (χ4v) is 2.90. The van der Waals surface area contributed by atoms with Crippen molar-refractivity contribution in [3.05, 3.63) is 30.1 Å². The summed E-state index contributed by atoms with van der Waals surface area (Å²) >= 11 is 0. The Balaban J connectivity index is 2.07. The summed E-state index contributed by atoms with van der Waals surface area (Å²) in [4.78, 5) is 32.2. The second-order valence-electron chi connectivity index (χ2n) is 6.23. The molecule has 2 rings (SSSR count). The monoisotopic (exact) mass is 303 g/mol. The van der Waals surface area contributed by atoms with Crippen molar-refractivity contribution in [2.45, 2.75) is 46.2 Å². The summed E-state index contributed by atoms with van der Waals surface area (Å²) < 4.78 is 0. The number of hydrogen-bond donors (Lipinski definition) is 0. The Morgan fingerprint density at radius 3 is 2.82 bits per heavy atom. The molecule has 1 aliphatic heterocycles. The highest BCUT2D eigenvalue weighted by Gasteiger charge is 2.31. The molecule has 1 atom stereocenters. The van der Waals surface area contributed by atoms with Gasteiger partial charge in [0.2, 0.25) is 11.8 Å². The number of carbonyl (C=O) groups is 2. The predicted octanol–water partition coefficient (Wildman–Crippen LogP) is 2.08. The van der Waals surface area contributed by atoms with Gasteiger partial charge in [-0.05, 0) is 38.3 Å². The van der Waals surface area contributed by atoms with Gasteiger partial charge >= 0.3 is 0 Å². The topological polar surface area (TPSA) is 53.5 Å². The van der Waals surface area contributed by atoms with Crippen LogP contribution in [0, 0.1) is 5.92 Å². The molecule has 1 aromatic rings. The Labute approximate surface area is 132 Å². The normalized spacial score (nSPS) is 18.4. The Hall–Kier alpha value is -1.91. The molecular formula is C17H25N3O2. The molecule has 0 saturated carbocycles. The second kappa shape index (κ2) is 7.38. The molecule has 5 heteroatoms. The molecule has 22 heavy (non-hydrogen) atoms. The maximum Gasteiger partial charge on any atom is 0.228 e. The van der Waals surface area contributed by atoms with E-state index in [1.165, 1.54) is 0 Å². The lowest BCUT2D eigenvalue weighted by molar-refractivity contribution is -0.142. The molecule has 1 unspecified atom stereocenters. The van der Waals surface area contributed by atoms with E-state index in [0.717, 1.165) is 24.9 Å². The van der Waals surface area contributed by atoms with Gasteiger partial charge in [-0.1, -0.05) is 6.07 Å². The van der Waals surface area contributed by atoms with Crippen LogP contribution < -0.4 is 0 Å². The molecule has 0 spiro atoms. The lowest BCUT2D eigenvalue weighted by Gasteiger charge is -2.36. The van der Waals surface area contributed by atoms with Gasteiger partial charge in [-0.25, -0.2) is 0 Å². The molecule has 0 radical (unpaired) electrons. The van der Waals surface area contributed by atoms with Crippen LogP contribution in [0.25, 0.3) is 0 Å². The van der Waals surface area contributed by atoms with Crippen LogP contribution in [0.1, 0.15) is 39.2 Å². The number of likely N-dealkylation sites (tertiary alicyclic amines) is 1. The van der Waals surface area contributed by atoms with Crippen molar-refractivity contribution in [2.24, 2.45) is 5.92 Å². The third-order valence-electron chi connectivity index (χ3n) is 4.20. The van der Waals surface area contributed by atoms with Gasteiger partial charge in [-0.2, -0.15) is 0 Å². The summed E-state index contributed by atoms with van der Waals surface area (Å²) in [7, 11) is 0. The molecular weight excluding hydrogens is 278 g/mol. The minimum Gasteiger partial charge on any atom is -0.342 e. The average Bonchev–Trinajstić information content (AvgIpc) is 2.53. The number of nitrogens with zero attached hydrogens (tertiary/aromatic N) is 3. The van der Waals surface area contributed by atoms with E-state index in [1.54, 1.807) is 24.2 Å². The van der Waals surface area contributed by atoms with Gasteiger partial charge in [0.05, 0.1) is 5.92 Å². The van der Waals surface area contributed by atoms with Crippen LogP contribution in [0.5, 0.6) is 0 Å². The van der Waals surface area contributed by atoms with E-state index in [4.69, 9.17) is 0 Å². The minimum absolute atomic E-state index is 0.0563. The number of pyridine rings is 1. The zero-order valence-corrected chi connectivity index (χ0v) is 13.7. The van der Waals surface area contributed by atoms with E-state index in [0.29, 0.717) is 13.1 Å². The lowest BCUT2D eigenvalue weighted by atomic mass is 9.95. The van der Waals surface area contributed by atoms with Crippen molar-refractivity contribution in [1.82, 2.24) is 14.8 Å². The van der Waals surface area contributed by atoms with Crippen molar-refractivity contribution in [3.8, 4) is 0 Å². The minimum atomic E-state index is -0.0864. The molecule has 2 amide bonds. The molecule has 1 saturated heterocycles. The summed E-state index contributed by atoms with van der Waals surface area (Å²) in [5.41, 5.74) is 1.03. The van der Waals surface area contributed by atoms with Gasteiger partial charge in [0.1, 0.15) is 0 Å². The highest BCUT2D eigenvalue weighted by molar-refractivity contribution is 5.81. The van der Waals surface area contributed by atoms with E-state index in [2.05, 4.69) is 4.98 Å². The van der Waals surface area contributed by atoms with Crippen LogP contribution in [0.15, 0.2) is 24.5 Å². The number of hydrogen-bond acceptors (Lipinski definition) is 3. The fourth-order valence-electron chi connectivity index (χ4n) is 2.90. The summed E-state index contributed by atoms with van der Waals surface area (Å²) in [6, 6.07) is 4.00. The van der Waals surface area contributed by atoms with Crippen LogP contribution in [-0.4, -0.2) is 45.7 Å². The SMILES string of the molecule is CC(=O)N1CCCC(C(=O)N(Cc2cccnc2)C(C)C)C1. The van der Waals surface area contributed by atoms with Crippen molar-refractivity contribution in [1.29, 1.82) is 0 Å². The molecule has 1 fully saturated rings. The molecule has 120 valence electrons. The van der Waals surface area contributed by atoms with E-state index in [1.807, 2.05) is 30.9 Å². The zero-order chi connectivity index (χ0) is 16.1. The first-order chi connectivity index (χ1) is 10.5. The largest absolute Gasteiger partial charge is 0.342 e. The number of aromatic nitrogens is 1. The zero-order valence-electron chi connectivity index (χ0n) is 13.7. The smallest absolute Gasteiger partial charge is 0.228 e. The summed E-state index contributed by atoms with van der Waals surface area (Å²) in [6.07, 6.45) is 5.29. The van der Waals surface area contributed by atoms with Crippen LogP contribution >= 0.6 is 0 Å². The van der Waals surface area contributed by atoms with E-state index in [9.17, 15) is 9.59 Å². The first kappa shape index (κ1) is 16.5. The Morgan fingerprint density at radius 1 is 1.45 bits per heavy atom. The van der Waals surface area contributed by atoms with Gasteiger partial charge in [0.25, 0.3) is 0 Å². The first-order valence-electron chi connectivity index (χ1n) is 7.94. The van der Waals surface area contributed by atoms with Crippen molar-refractivity contribution < 1.29 is 9.59 Å². The van der Waals surface area contributed by atoms with Crippen LogP contribution in [0.4, 0.5) is 0 Å². The predicted molar refractivity (Wildman–Crippen MR) is 84.9 cm³/mol. The Kier molecular flexibility index (Phi) is 5.52. The molecule has 2 heterocycles. The van der Waals surface area contributed by atoms with Gasteiger partial charge in [0, 0.05) is 45.0 Å². The Bertz CT molecular complexity index is 516. The van der Waals surface area contributed by atoms with E-state index < -0.39 is 0 Å². The van der Waals surface area contributed by atoms with E-state index in [-0.39, 0.29) is 23.8 Å². The van der Waals surface area contributed by atoms with Gasteiger partial charge < -0.3 is 9.80 Å². The average molecular weight is 303 g/mol. The quantitative estimate of drug-likeness (QED) is 0.855. The van der Waals surface area contributed by atoms with Crippen LogP contribution in [-0.2, 0) is 16.1 Å². The molecule has 1 aliphatic rings. The summed E-state index contributed by atoms with van der Waals surface area (Å²) in [5.74, 6) is 0.113. The standard InChI is InChI=1S/C17H25N3O2/c1-13(2)20(11-15-6-4-8-18-10-15)17(22)16-7-5-9-19(12-16)14(3)21/h4,6,8,10,13,16H,5,7,9,11-12H2,1-3H3. The third kappa shape index (κ3) is 4.06. The van der Waals surface area contributed by atoms with E-state index >= 15 is 0 Å². The van der Waals surface area contributed by atoms with Crippen LogP contribution in [0.3, 0.4) is 0 Å². The van der Waals surface area contributed by atoms with Gasteiger partial charge in [-0.15, -0.1) is 0 Å². The lowest BCUT2D eigenvalue weighted by Crippen LogP contribution is -2.47. The first-order valence-corrected chi connectivity index (χ1v) is 7.94. The summed E-state index contributed by atoms with van der Waals surface area (Å²) in [5, 5.41) is 0. The maximum atomic E-state index is 12.9. The van der Waals surface area contributed by atoms with Crippen molar-refractivity contribution >= 4 is 11.8 Å². The van der Waals surface area contributed by atoms with Crippen molar-refractivity contribution in [2.75, 3.05) is 13.1 Å². The van der Waals surface area contributed by atoms with Crippen LogP contribution in [0.2, 0.25) is 0 Å². The number of rotatable bonds is 4. The molecule has 0 aliphatic carbocycles. The Morgan fingerprint density at radius 2 is 2.23 bits per heavy atom. The third-order valence-corrected chi connectivity index (χ3v) is 4.20. The van der Waals surface area contributed by atoms with Gasteiger partial charge in [-0.3, -0.25) is 14.6 Å². The van der Waals surface area contributed by atoms with Gasteiger partial charge in [0.15, 0.2) is 0 Å². The highest BCUT2D eigenvalue weighted by Crippen LogP contribution is 2.21. The molecule has 1 aromatic heterocycles. The molecule has 0 bridgehead atoms. The number of amides is 2. The summed E-state index contributed by atoms with van der Waals surface area (Å²) in [6.45, 7) is 7.51. The molecule has 0 aromatic carbocycles. The fraction of sp³-hybridized carbons (Fsp3) is 0.588. The number of piperidine rings is 1. The maximum absolute atomic E-state index is 12.9. The molecule has 5 nitrogen and oxygen atoms in total. The molecule has 0 N–H and O–H groups in total. The second-order valence-corrected chi connectivity index (χ2v) is 6.23.